The summed E-state index contributed by atoms with van der Waals surface area (Å²) in [6.45, 7) is 3.31. The number of hydrogen-bond donors (Lipinski definition) is 1. The van der Waals surface area contributed by atoms with Gasteiger partial charge in [-0.2, -0.15) is 0 Å². The fraction of sp³-hybridized carbons (Fsp3) is 0.588. The van der Waals surface area contributed by atoms with Gasteiger partial charge in [0.1, 0.15) is 0 Å². The molecule has 0 radical (unpaired) electrons. The van der Waals surface area contributed by atoms with E-state index in [-0.39, 0.29) is 5.91 Å². The number of carbonyl (C=O) groups excluding carboxylic acids is 1. The molecule has 21 heavy (non-hydrogen) atoms. The van der Waals surface area contributed by atoms with Crippen LogP contribution in [0.1, 0.15) is 42.5 Å². The van der Waals surface area contributed by atoms with Crippen LogP contribution in [-0.2, 0) is 0 Å². The average molecular weight is 351 g/mol. The number of amides is 1. The van der Waals surface area contributed by atoms with Crippen LogP contribution >= 0.6 is 15.9 Å². The van der Waals surface area contributed by atoms with Crippen molar-refractivity contribution in [2.75, 3.05) is 19.6 Å². The summed E-state index contributed by atoms with van der Waals surface area (Å²) in [4.78, 5) is 14.9. The van der Waals surface area contributed by atoms with E-state index in [4.69, 9.17) is 0 Å². The summed E-state index contributed by atoms with van der Waals surface area (Å²) in [5, 5.41) is 3.14. The number of carbonyl (C=O) groups is 1. The lowest BCUT2D eigenvalue weighted by Gasteiger charge is -2.44. The molecular weight excluding hydrogens is 328 g/mol. The van der Waals surface area contributed by atoms with Crippen molar-refractivity contribution in [3.8, 4) is 0 Å². The lowest BCUT2D eigenvalue weighted by Crippen LogP contribution is -2.51. The number of piperidine rings is 2. The third-order valence-electron chi connectivity index (χ3n) is 4.84. The molecule has 0 spiro atoms. The number of fused-ring (bicyclic) bond motifs is 1. The Balaban J connectivity index is 1.57. The lowest BCUT2D eigenvalue weighted by molar-refractivity contribution is 0.0575. The molecule has 1 amide bonds. The average Bonchev–Trinajstić information content (AvgIpc) is 2.52. The second kappa shape index (κ2) is 6.93. The first-order valence-corrected chi connectivity index (χ1v) is 8.81. The third-order valence-corrected chi connectivity index (χ3v) is 5.33. The Hall–Kier alpha value is -0.870. The van der Waals surface area contributed by atoms with Crippen LogP contribution in [0.3, 0.4) is 0 Å². The van der Waals surface area contributed by atoms with Gasteiger partial charge in [0.05, 0.1) is 0 Å². The van der Waals surface area contributed by atoms with Gasteiger partial charge in [-0.3, -0.25) is 4.79 Å². The summed E-state index contributed by atoms with van der Waals surface area (Å²) in [6.07, 6.45) is 6.51. The number of benzene rings is 1. The Morgan fingerprint density at radius 2 is 2.10 bits per heavy atom. The van der Waals surface area contributed by atoms with Gasteiger partial charge in [0.15, 0.2) is 0 Å². The second-order valence-electron chi connectivity index (χ2n) is 6.22. The number of halogens is 1. The van der Waals surface area contributed by atoms with Crippen molar-refractivity contribution < 1.29 is 4.79 Å². The van der Waals surface area contributed by atoms with Crippen molar-refractivity contribution in [1.29, 1.82) is 0 Å². The monoisotopic (exact) mass is 350 g/mol. The molecule has 0 unspecified atom stereocenters. The first-order chi connectivity index (χ1) is 10.2. The molecule has 2 fully saturated rings. The predicted molar refractivity (Wildman–Crippen MR) is 88.4 cm³/mol. The van der Waals surface area contributed by atoms with Gasteiger partial charge in [0.2, 0.25) is 0 Å². The van der Waals surface area contributed by atoms with Crippen molar-refractivity contribution >= 4 is 21.8 Å². The lowest BCUT2D eigenvalue weighted by atomic mass is 9.83. The molecular formula is C17H23BrN2O. The van der Waals surface area contributed by atoms with E-state index in [1.807, 2.05) is 24.3 Å². The van der Waals surface area contributed by atoms with E-state index in [1.54, 1.807) is 0 Å². The Morgan fingerprint density at radius 3 is 2.95 bits per heavy atom. The summed E-state index contributed by atoms with van der Waals surface area (Å²) in [5.41, 5.74) is 0.737. The minimum Gasteiger partial charge on any atom is -0.352 e. The molecule has 2 saturated heterocycles. The Morgan fingerprint density at radius 1 is 1.24 bits per heavy atom. The van der Waals surface area contributed by atoms with Crippen LogP contribution in [0.5, 0.6) is 0 Å². The molecule has 2 aliphatic heterocycles. The number of hydrogen-bond acceptors (Lipinski definition) is 2. The van der Waals surface area contributed by atoms with Crippen molar-refractivity contribution in [3.05, 3.63) is 34.3 Å². The summed E-state index contributed by atoms with van der Waals surface area (Å²) in [7, 11) is 0. The molecule has 1 aromatic rings. The second-order valence-corrected chi connectivity index (χ2v) is 7.14. The fourth-order valence-electron chi connectivity index (χ4n) is 3.77. The Bertz CT molecular complexity index is 503. The Kier molecular flexibility index (Phi) is 4.96. The largest absolute Gasteiger partial charge is 0.352 e. The molecule has 4 heteroatoms. The highest BCUT2D eigenvalue weighted by atomic mass is 79.9. The van der Waals surface area contributed by atoms with Gasteiger partial charge in [-0.05, 0) is 62.9 Å². The highest BCUT2D eigenvalue weighted by Crippen LogP contribution is 2.30. The molecule has 2 atom stereocenters. The van der Waals surface area contributed by atoms with E-state index < -0.39 is 0 Å². The zero-order valence-corrected chi connectivity index (χ0v) is 13.9. The van der Waals surface area contributed by atoms with Crippen LogP contribution in [0.25, 0.3) is 0 Å². The van der Waals surface area contributed by atoms with Crippen LogP contribution in [0, 0.1) is 5.92 Å². The fourth-order valence-corrected chi connectivity index (χ4v) is 4.17. The molecule has 114 valence electrons. The van der Waals surface area contributed by atoms with Crippen LogP contribution < -0.4 is 5.32 Å². The quantitative estimate of drug-likeness (QED) is 0.905. The highest BCUT2D eigenvalue weighted by molar-refractivity contribution is 9.10. The van der Waals surface area contributed by atoms with Gasteiger partial charge in [-0.15, -0.1) is 0 Å². The van der Waals surface area contributed by atoms with Crippen LogP contribution in [0.2, 0.25) is 0 Å². The van der Waals surface area contributed by atoms with E-state index in [0.29, 0.717) is 12.0 Å². The molecule has 0 bridgehead atoms. The maximum Gasteiger partial charge on any atom is 0.251 e. The van der Waals surface area contributed by atoms with Gasteiger partial charge in [0.25, 0.3) is 5.91 Å². The molecule has 2 heterocycles. The molecule has 0 aromatic heterocycles. The summed E-state index contributed by atoms with van der Waals surface area (Å²) in [5.74, 6) is 0.666. The van der Waals surface area contributed by atoms with Crippen molar-refractivity contribution in [2.24, 2.45) is 5.92 Å². The molecule has 3 rings (SSSR count). The minimum absolute atomic E-state index is 0.0456. The molecule has 1 N–H and O–H groups in total. The maximum atomic E-state index is 12.3. The van der Waals surface area contributed by atoms with E-state index in [2.05, 4.69) is 26.1 Å². The van der Waals surface area contributed by atoms with Gasteiger partial charge >= 0.3 is 0 Å². The molecule has 2 aliphatic rings. The summed E-state index contributed by atoms with van der Waals surface area (Å²) < 4.78 is 0.950. The van der Waals surface area contributed by atoms with Crippen LogP contribution in [0.4, 0.5) is 0 Å². The summed E-state index contributed by atoms with van der Waals surface area (Å²) in [6, 6.07) is 8.28. The van der Waals surface area contributed by atoms with Crippen molar-refractivity contribution in [2.45, 2.75) is 38.1 Å². The normalized spacial score (nSPS) is 26.1. The standard InChI is InChI=1S/C17H23BrN2O/c18-15-7-3-5-13(11-15)17(21)19-12-14-6-4-10-20-9-2-1-8-16(14)20/h3,5,7,11,14,16H,1-2,4,6,8-10,12H2,(H,19,21)/t14-,16-/m1/s1. The first kappa shape index (κ1) is 15.0. The maximum absolute atomic E-state index is 12.3. The van der Waals surface area contributed by atoms with Crippen molar-refractivity contribution in [3.63, 3.8) is 0 Å². The van der Waals surface area contributed by atoms with Gasteiger partial charge < -0.3 is 10.2 Å². The van der Waals surface area contributed by atoms with Crippen LogP contribution in [0.15, 0.2) is 28.7 Å². The van der Waals surface area contributed by atoms with Gasteiger partial charge in [0, 0.05) is 22.6 Å². The van der Waals surface area contributed by atoms with Crippen molar-refractivity contribution in [1.82, 2.24) is 10.2 Å². The van der Waals surface area contributed by atoms with E-state index in [0.717, 1.165) is 16.6 Å². The topological polar surface area (TPSA) is 32.3 Å². The Labute approximate surface area is 135 Å². The highest BCUT2D eigenvalue weighted by Gasteiger charge is 2.32. The zero-order valence-electron chi connectivity index (χ0n) is 12.4. The molecule has 3 nitrogen and oxygen atoms in total. The minimum atomic E-state index is 0.0456. The molecule has 0 saturated carbocycles. The first-order valence-electron chi connectivity index (χ1n) is 8.02. The zero-order chi connectivity index (χ0) is 14.7. The molecule has 0 aliphatic carbocycles. The smallest absolute Gasteiger partial charge is 0.251 e. The number of nitrogens with one attached hydrogen (secondary N) is 1. The number of rotatable bonds is 3. The summed E-state index contributed by atoms with van der Waals surface area (Å²) >= 11 is 3.42. The predicted octanol–water partition coefficient (Wildman–Crippen LogP) is 3.44. The van der Waals surface area contributed by atoms with Gasteiger partial charge in [-0.25, -0.2) is 0 Å². The van der Waals surface area contributed by atoms with Gasteiger partial charge in [-0.1, -0.05) is 28.4 Å². The van der Waals surface area contributed by atoms with Crippen LogP contribution in [-0.4, -0.2) is 36.5 Å². The molecule has 1 aromatic carbocycles. The third kappa shape index (κ3) is 3.67. The van der Waals surface area contributed by atoms with E-state index >= 15 is 0 Å². The SMILES string of the molecule is O=C(NC[C@H]1CCCN2CCCC[C@H]12)c1cccc(Br)c1. The number of nitrogens with zero attached hydrogens (tertiary/aromatic N) is 1. The van der Waals surface area contributed by atoms with E-state index in [1.165, 1.54) is 45.2 Å². The van der Waals surface area contributed by atoms with E-state index in [9.17, 15) is 4.79 Å².